The first-order valence-electron chi connectivity index (χ1n) is 7.02. The maximum Gasteiger partial charge on any atom is 0.339 e. The third-order valence-electron chi connectivity index (χ3n) is 4.31. The number of carboxylic acid groups (broad SMARTS) is 1. The van der Waals surface area contributed by atoms with Crippen LogP contribution in [0, 0.1) is 11.8 Å². The highest BCUT2D eigenvalue weighted by Gasteiger charge is 2.29. The normalized spacial score (nSPS) is 23.5. The lowest BCUT2D eigenvalue weighted by molar-refractivity contribution is 0.0695. The molecular formula is C16H19NO3. The topological polar surface area (TPSA) is 53.7 Å². The largest absolute Gasteiger partial charge is 0.478 e. The van der Waals surface area contributed by atoms with Crippen LogP contribution in [0.3, 0.4) is 0 Å². The summed E-state index contributed by atoms with van der Waals surface area (Å²) in [6.45, 7) is 7.04. The summed E-state index contributed by atoms with van der Waals surface area (Å²) in [5.41, 5.74) is 0.966. The minimum Gasteiger partial charge on any atom is -0.478 e. The van der Waals surface area contributed by atoms with E-state index in [9.17, 15) is 9.90 Å². The number of hydrogen-bond donors (Lipinski definition) is 1. The zero-order valence-corrected chi connectivity index (χ0v) is 11.8. The average Bonchev–Trinajstić information content (AvgIpc) is 2.90. The van der Waals surface area contributed by atoms with Crippen molar-refractivity contribution in [2.75, 3.05) is 13.1 Å². The molecule has 4 heteroatoms. The Hall–Kier alpha value is -1.81. The van der Waals surface area contributed by atoms with E-state index in [0.29, 0.717) is 40.7 Å². The van der Waals surface area contributed by atoms with E-state index < -0.39 is 5.97 Å². The van der Waals surface area contributed by atoms with Crippen LogP contribution in [-0.4, -0.2) is 29.1 Å². The number of likely N-dealkylation sites (tertiary alicyclic amines) is 1. The fourth-order valence-corrected chi connectivity index (χ4v) is 3.02. The van der Waals surface area contributed by atoms with Crippen molar-refractivity contribution in [3.8, 4) is 0 Å². The molecule has 1 aliphatic rings. The number of hydrogen-bond acceptors (Lipinski definition) is 3. The first kappa shape index (κ1) is 13.2. The Morgan fingerprint density at radius 2 is 1.95 bits per heavy atom. The van der Waals surface area contributed by atoms with Crippen molar-refractivity contribution in [3.63, 3.8) is 0 Å². The van der Waals surface area contributed by atoms with E-state index in [1.807, 2.05) is 18.2 Å². The number of para-hydroxylation sites is 1. The second-order valence-corrected chi connectivity index (χ2v) is 5.85. The molecule has 1 aromatic carbocycles. The Bertz CT molecular complexity index is 636. The predicted molar refractivity (Wildman–Crippen MR) is 76.8 cm³/mol. The van der Waals surface area contributed by atoms with Crippen LogP contribution in [0.1, 0.15) is 30.0 Å². The number of carboxylic acids is 1. The highest BCUT2D eigenvalue weighted by atomic mass is 16.4. The summed E-state index contributed by atoms with van der Waals surface area (Å²) in [7, 11) is 0. The van der Waals surface area contributed by atoms with E-state index in [1.165, 1.54) is 0 Å². The second kappa shape index (κ2) is 4.94. The van der Waals surface area contributed by atoms with Crippen LogP contribution in [0.15, 0.2) is 28.7 Å². The van der Waals surface area contributed by atoms with Crippen LogP contribution in [0.2, 0.25) is 0 Å². The molecule has 2 heterocycles. The number of fused-ring (bicyclic) bond motifs is 1. The number of aromatic carboxylic acids is 1. The predicted octanol–water partition coefficient (Wildman–Crippen LogP) is 3.22. The number of nitrogens with zero attached hydrogens (tertiary/aromatic N) is 1. The molecule has 2 atom stereocenters. The summed E-state index contributed by atoms with van der Waals surface area (Å²) in [6.07, 6.45) is 0. The summed E-state index contributed by atoms with van der Waals surface area (Å²) in [6, 6.07) is 7.33. The minimum absolute atomic E-state index is 0.313. The standard InChI is InChI=1S/C16H19NO3/c1-10-7-17(8-11(10)2)9-14-15(16(18)19)12-5-3-4-6-13(12)20-14/h3-6,10-11H,7-9H2,1-2H3,(H,18,19). The molecule has 1 fully saturated rings. The van der Waals surface area contributed by atoms with E-state index in [4.69, 9.17) is 4.42 Å². The molecule has 0 radical (unpaired) electrons. The maximum atomic E-state index is 11.5. The van der Waals surface area contributed by atoms with Gasteiger partial charge in [0.25, 0.3) is 0 Å². The summed E-state index contributed by atoms with van der Waals surface area (Å²) < 4.78 is 5.77. The second-order valence-electron chi connectivity index (χ2n) is 5.85. The summed E-state index contributed by atoms with van der Waals surface area (Å²) in [5.74, 6) is 0.950. The molecular weight excluding hydrogens is 254 g/mol. The zero-order chi connectivity index (χ0) is 14.3. The molecule has 2 unspecified atom stereocenters. The van der Waals surface area contributed by atoms with Gasteiger partial charge in [0.2, 0.25) is 0 Å². The molecule has 1 N–H and O–H groups in total. The average molecular weight is 273 g/mol. The Morgan fingerprint density at radius 1 is 1.30 bits per heavy atom. The van der Waals surface area contributed by atoms with E-state index in [1.54, 1.807) is 6.07 Å². The third kappa shape index (κ3) is 2.20. The lowest BCUT2D eigenvalue weighted by Crippen LogP contribution is -2.21. The van der Waals surface area contributed by atoms with E-state index in [2.05, 4.69) is 18.7 Å². The molecule has 0 amide bonds. The van der Waals surface area contributed by atoms with Crippen LogP contribution in [0.25, 0.3) is 11.0 Å². The molecule has 20 heavy (non-hydrogen) atoms. The molecule has 0 spiro atoms. The molecule has 3 rings (SSSR count). The fraction of sp³-hybridized carbons (Fsp3) is 0.438. The fourth-order valence-electron chi connectivity index (χ4n) is 3.02. The quantitative estimate of drug-likeness (QED) is 0.933. The molecule has 0 bridgehead atoms. The van der Waals surface area contributed by atoms with E-state index in [-0.39, 0.29) is 0 Å². The van der Waals surface area contributed by atoms with Crippen LogP contribution in [0.5, 0.6) is 0 Å². The lowest BCUT2D eigenvalue weighted by atomic mass is 10.0. The van der Waals surface area contributed by atoms with Crippen LogP contribution < -0.4 is 0 Å². The zero-order valence-electron chi connectivity index (χ0n) is 11.8. The molecule has 1 saturated heterocycles. The van der Waals surface area contributed by atoms with E-state index in [0.717, 1.165) is 13.1 Å². The summed E-state index contributed by atoms with van der Waals surface area (Å²) in [5, 5.41) is 10.1. The Balaban J connectivity index is 1.95. The van der Waals surface area contributed by atoms with Crippen LogP contribution >= 0.6 is 0 Å². The highest BCUT2D eigenvalue weighted by molar-refractivity contribution is 6.03. The monoisotopic (exact) mass is 273 g/mol. The molecule has 0 aliphatic carbocycles. The van der Waals surface area contributed by atoms with Crippen molar-refractivity contribution < 1.29 is 14.3 Å². The van der Waals surface area contributed by atoms with Crippen molar-refractivity contribution in [3.05, 3.63) is 35.6 Å². The van der Waals surface area contributed by atoms with Crippen molar-refractivity contribution in [1.29, 1.82) is 0 Å². The Labute approximate surface area is 118 Å². The van der Waals surface area contributed by atoms with Gasteiger partial charge in [-0.25, -0.2) is 4.79 Å². The number of carbonyl (C=O) groups is 1. The van der Waals surface area contributed by atoms with Crippen molar-refractivity contribution in [2.24, 2.45) is 11.8 Å². The van der Waals surface area contributed by atoms with Gasteiger partial charge in [0.15, 0.2) is 0 Å². The summed E-state index contributed by atoms with van der Waals surface area (Å²) >= 11 is 0. The molecule has 1 aliphatic heterocycles. The highest BCUT2D eigenvalue weighted by Crippen LogP contribution is 2.29. The van der Waals surface area contributed by atoms with Gasteiger partial charge in [-0.15, -0.1) is 0 Å². The van der Waals surface area contributed by atoms with Crippen molar-refractivity contribution >= 4 is 16.9 Å². The Kier molecular flexibility index (Phi) is 3.26. The van der Waals surface area contributed by atoms with Gasteiger partial charge in [-0.2, -0.15) is 0 Å². The van der Waals surface area contributed by atoms with Gasteiger partial charge in [0, 0.05) is 18.5 Å². The van der Waals surface area contributed by atoms with Gasteiger partial charge >= 0.3 is 5.97 Å². The number of furan rings is 1. The summed E-state index contributed by atoms with van der Waals surface area (Å²) in [4.78, 5) is 13.8. The molecule has 106 valence electrons. The van der Waals surface area contributed by atoms with Gasteiger partial charge in [-0.3, -0.25) is 4.90 Å². The maximum absolute atomic E-state index is 11.5. The van der Waals surface area contributed by atoms with Gasteiger partial charge in [0.05, 0.1) is 6.54 Å². The SMILES string of the molecule is CC1CN(Cc2oc3ccccc3c2C(=O)O)CC1C. The lowest BCUT2D eigenvalue weighted by Gasteiger charge is -2.13. The first-order valence-corrected chi connectivity index (χ1v) is 7.02. The smallest absolute Gasteiger partial charge is 0.339 e. The Morgan fingerprint density at radius 3 is 2.60 bits per heavy atom. The van der Waals surface area contributed by atoms with Crippen molar-refractivity contribution in [2.45, 2.75) is 20.4 Å². The molecule has 4 nitrogen and oxygen atoms in total. The van der Waals surface area contributed by atoms with Crippen molar-refractivity contribution in [1.82, 2.24) is 4.90 Å². The van der Waals surface area contributed by atoms with Gasteiger partial charge < -0.3 is 9.52 Å². The number of benzene rings is 1. The first-order chi connectivity index (χ1) is 9.56. The van der Waals surface area contributed by atoms with Crippen LogP contribution in [-0.2, 0) is 6.54 Å². The minimum atomic E-state index is -0.912. The van der Waals surface area contributed by atoms with Gasteiger partial charge in [-0.05, 0) is 17.9 Å². The van der Waals surface area contributed by atoms with E-state index >= 15 is 0 Å². The third-order valence-corrected chi connectivity index (χ3v) is 4.31. The van der Waals surface area contributed by atoms with Gasteiger partial charge in [-0.1, -0.05) is 32.0 Å². The molecule has 2 aromatic rings. The number of rotatable bonds is 3. The van der Waals surface area contributed by atoms with Gasteiger partial charge in [0.1, 0.15) is 16.9 Å². The van der Waals surface area contributed by atoms with Crippen LogP contribution in [0.4, 0.5) is 0 Å². The molecule has 1 aromatic heterocycles. The molecule has 0 saturated carbocycles.